The number of ether oxygens (including phenoxy) is 1. The monoisotopic (exact) mass is 459 g/mol. The van der Waals surface area contributed by atoms with Crippen LogP contribution in [0.4, 0.5) is 5.69 Å². The van der Waals surface area contributed by atoms with Gasteiger partial charge in [0.15, 0.2) is 11.4 Å². The Balaban J connectivity index is 1.31. The molecule has 2 fully saturated rings. The van der Waals surface area contributed by atoms with E-state index in [1.807, 2.05) is 24.3 Å². The highest BCUT2D eigenvalue weighted by atomic mass is 16.5. The fraction of sp³-hybridized carbons (Fsp3) is 0.423. The summed E-state index contributed by atoms with van der Waals surface area (Å²) in [4.78, 5) is 18.5. The second-order valence-corrected chi connectivity index (χ2v) is 10.1. The highest BCUT2D eigenvalue weighted by Crippen LogP contribution is 2.35. The number of furan rings is 1. The first kappa shape index (κ1) is 21.2. The van der Waals surface area contributed by atoms with E-state index < -0.39 is 0 Å². The minimum Gasteiger partial charge on any atom is -0.476 e. The van der Waals surface area contributed by atoms with Crippen LogP contribution in [0.5, 0.6) is 5.88 Å². The number of rotatable bonds is 5. The molecule has 0 unspecified atom stereocenters. The van der Waals surface area contributed by atoms with Crippen LogP contribution in [0.15, 0.2) is 47.0 Å². The fourth-order valence-corrected chi connectivity index (χ4v) is 5.13. The summed E-state index contributed by atoms with van der Waals surface area (Å²) in [6.45, 7) is 7.79. The number of aromatic nitrogens is 3. The Hall–Kier alpha value is -3.39. The zero-order valence-electron chi connectivity index (χ0n) is 19.6. The van der Waals surface area contributed by atoms with Gasteiger partial charge in [0.1, 0.15) is 17.1 Å². The summed E-state index contributed by atoms with van der Waals surface area (Å²) in [5.41, 5.74) is 3.58. The normalized spacial score (nSPS) is 20.5. The molecule has 176 valence electrons. The SMILES string of the molecule is CC1(C)CN(c2cccc3oc(-c4cnc5ccc(OC[C@H]6CCC(=O)C6)nn45)cc23)CCN1. The molecule has 1 aliphatic heterocycles. The average molecular weight is 460 g/mol. The second-order valence-electron chi connectivity index (χ2n) is 10.1. The van der Waals surface area contributed by atoms with Gasteiger partial charge in [0.2, 0.25) is 5.88 Å². The van der Waals surface area contributed by atoms with Crippen molar-refractivity contribution in [2.75, 3.05) is 31.1 Å². The highest BCUT2D eigenvalue weighted by molar-refractivity contribution is 5.94. The van der Waals surface area contributed by atoms with Crippen molar-refractivity contribution in [3.05, 3.63) is 42.6 Å². The molecular weight excluding hydrogens is 430 g/mol. The van der Waals surface area contributed by atoms with E-state index in [2.05, 4.69) is 46.3 Å². The third-order valence-electron chi connectivity index (χ3n) is 6.86. The Kier molecular flexibility index (Phi) is 5.06. The summed E-state index contributed by atoms with van der Waals surface area (Å²) in [6, 6.07) is 12.0. The number of hydrogen-bond donors (Lipinski definition) is 1. The predicted octanol–water partition coefficient (Wildman–Crippen LogP) is 4.08. The van der Waals surface area contributed by atoms with Crippen LogP contribution in [0.3, 0.4) is 0 Å². The molecule has 0 radical (unpaired) electrons. The lowest BCUT2D eigenvalue weighted by Crippen LogP contribution is -2.57. The fourth-order valence-electron chi connectivity index (χ4n) is 5.13. The molecule has 1 saturated carbocycles. The molecule has 1 aromatic carbocycles. The molecule has 3 aromatic heterocycles. The van der Waals surface area contributed by atoms with E-state index in [1.165, 1.54) is 5.69 Å². The highest BCUT2D eigenvalue weighted by Gasteiger charge is 2.27. The lowest BCUT2D eigenvalue weighted by atomic mass is 10.0. The molecule has 4 heterocycles. The van der Waals surface area contributed by atoms with Crippen LogP contribution in [-0.2, 0) is 4.79 Å². The van der Waals surface area contributed by atoms with Crippen molar-refractivity contribution in [3.8, 4) is 17.3 Å². The Morgan fingerprint density at radius 1 is 1.26 bits per heavy atom. The lowest BCUT2D eigenvalue weighted by molar-refractivity contribution is -0.117. The summed E-state index contributed by atoms with van der Waals surface area (Å²) in [7, 11) is 0. The predicted molar refractivity (Wildman–Crippen MR) is 130 cm³/mol. The Labute approximate surface area is 197 Å². The van der Waals surface area contributed by atoms with E-state index in [4.69, 9.17) is 9.15 Å². The standard InChI is InChI=1S/C26H29N5O3/c1-26(2)16-30(11-10-28-26)20-4-3-5-22-19(20)13-23(34-22)21-14-27-24-8-9-25(29-31(21)24)33-15-17-6-7-18(32)12-17/h3-5,8-9,13-14,17,28H,6-7,10-12,15-16H2,1-2H3/t17-/m0/s1. The van der Waals surface area contributed by atoms with E-state index in [-0.39, 0.29) is 11.5 Å². The maximum atomic E-state index is 11.5. The van der Waals surface area contributed by atoms with Gasteiger partial charge in [-0.2, -0.15) is 0 Å². The summed E-state index contributed by atoms with van der Waals surface area (Å²) < 4.78 is 14.0. The van der Waals surface area contributed by atoms with Crippen molar-refractivity contribution in [2.24, 2.45) is 5.92 Å². The number of carbonyl (C=O) groups is 1. The maximum absolute atomic E-state index is 11.5. The average Bonchev–Trinajstić information content (AvgIpc) is 3.54. The van der Waals surface area contributed by atoms with Gasteiger partial charge < -0.3 is 19.4 Å². The first-order valence-electron chi connectivity index (χ1n) is 12.0. The zero-order chi connectivity index (χ0) is 23.3. The molecule has 1 atom stereocenters. The number of piperazine rings is 1. The van der Waals surface area contributed by atoms with E-state index >= 15 is 0 Å². The first-order valence-corrected chi connectivity index (χ1v) is 12.0. The number of imidazole rings is 1. The maximum Gasteiger partial charge on any atom is 0.231 e. The van der Waals surface area contributed by atoms with Crippen molar-refractivity contribution < 1.29 is 13.9 Å². The van der Waals surface area contributed by atoms with Crippen LogP contribution in [0.1, 0.15) is 33.1 Å². The van der Waals surface area contributed by atoms with Gasteiger partial charge in [-0.15, -0.1) is 5.10 Å². The van der Waals surface area contributed by atoms with E-state index in [9.17, 15) is 4.79 Å². The van der Waals surface area contributed by atoms with Crippen molar-refractivity contribution in [3.63, 3.8) is 0 Å². The minimum absolute atomic E-state index is 0.0563. The van der Waals surface area contributed by atoms with Crippen molar-refractivity contribution >= 4 is 28.1 Å². The summed E-state index contributed by atoms with van der Waals surface area (Å²) in [5, 5.41) is 9.32. The Morgan fingerprint density at radius 2 is 2.18 bits per heavy atom. The molecule has 2 aliphatic rings. The van der Waals surface area contributed by atoms with Crippen LogP contribution < -0.4 is 15.0 Å². The zero-order valence-corrected chi connectivity index (χ0v) is 19.6. The van der Waals surface area contributed by atoms with Gasteiger partial charge >= 0.3 is 0 Å². The third kappa shape index (κ3) is 3.92. The third-order valence-corrected chi connectivity index (χ3v) is 6.86. The molecule has 1 saturated heterocycles. The van der Waals surface area contributed by atoms with Crippen LogP contribution in [0, 0.1) is 5.92 Å². The summed E-state index contributed by atoms with van der Waals surface area (Å²) in [6.07, 6.45) is 3.94. The summed E-state index contributed by atoms with van der Waals surface area (Å²) >= 11 is 0. The van der Waals surface area contributed by atoms with Gasteiger partial charge in [0.05, 0.1) is 12.8 Å². The first-order chi connectivity index (χ1) is 16.4. The van der Waals surface area contributed by atoms with Gasteiger partial charge in [0.25, 0.3) is 0 Å². The number of Topliss-reactive ketones (excluding diaryl/α,β-unsaturated/α-hetero) is 1. The van der Waals surface area contributed by atoms with Crippen molar-refractivity contribution in [1.29, 1.82) is 0 Å². The Bertz CT molecular complexity index is 1370. The molecular formula is C26H29N5O3. The number of nitrogens with zero attached hydrogens (tertiary/aromatic N) is 4. The van der Waals surface area contributed by atoms with Crippen LogP contribution in [-0.4, -0.2) is 52.2 Å². The van der Waals surface area contributed by atoms with Gasteiger partial charge in [-0.1, -0.05) is 6.07 Å². The topological polar surface area (TPSA) is 84.9 Å². The Morgan fingerprint density at radius 3 is 3.00 bits per heavy atom. The number of carbonyl (C=O) groups excluding carboxylic acids is 1. The lowest BCUT2D eigenvalue weighted by Gasteiger charge is -2.40. The minimum atomic E-state index is 0.0563. The van der Waals surface area contributed by atoms with Crippen molar-refractivity contribution in [2.45, 2.75) is 38.6 Å². The number of anilines is 1. The van der Waals surface area contributed by atoms with Gasteiger partial charge in [-0.3, -0.25) is 4.79 Å². The van der Waals surface area contributed by atoms with Crippen LogP contribution >= 0.6 is 0 Å². The number of nitrogens with one attached hydrogen (secondary N) is 1. The van der Waals surface area contributed by atoms with Gasteiger partial charge in [-0.25, -0.2) is 9.50 Å². The van der Waals surface area contributed by atoms with E-state index in [1.54, 1.807) is 10.7 Å². The molecule has 8 heteroatoms. The molecule has 6 rings (SSSR count). The van der Waals surface area contributed by atoms with E-state index in [0.717, 1.165) is 54.1 Å². The smallest absolute Gasteiger partial charge is 0.231 e. The van der Waals surface area contributed by atoms with Gasteiger partial charge in [0, 0.05) is 61.1 Å². The number of ketones is 1. The molecule has 8 nitrogen and oxygen atoms in total. The van der Waals surface area contributed by atoms with Crippen LogP contribution in [0.25, 0.3) is 28.1 Å². The number of fused-ring (bicyclic) bond motifs is 2. The van der Waals surface area contributed by atoms with E-state index in [0.29, 0.717) is 31.1 Å². The van der Waals surface area contributed by atoms with Gasteiger partial charge in [-0.05, 0) is 44.5 Å². The summed E-state index contributed by atoms with van der Waals surface area (Å²) in [5.74, 6) is 1.83. The number of hydrogen-bond acceptors (Lipinski definition) is 7. The second kappa shape index (κ2) is 8.13. The molecule has 0 bridgehead atoms. The molecule has 0 spiro atoms. The molecule has 1 aliphatic carbocycles. The van der Waals surface area contributed by atoms with Crippen molar-refractivity contribution in [1.82, 2.24) is 19.9 Å². The van der Waals surface area contributed by atoms with Crippen LogP contribution in [0.2, 0.25) is 0 Å². The molecule has 34 heavy (non-hydrogen) atoms. The quantitative estimate of drug-likeness (QED) is 0.481. The largest absolute Gasteiger partial charge is 0.476 e. The number of benzene rings is 1. The molecule has 1 N–H and O–H groups in total. The molecule has 4 aromatic rings. The molecule has 0 amide bonds.